The molecule has 112 valence electrons. The van der Waals surface area contributed by atoms with Crippen LogP contribution in [0.4, 0.5) is 0 Å². The molecule has 1 fully saturated rings. The third kappa shape index (κ3) is 4.20. The van der Waals surface area contributed by atoms with E-state index in [9.17, 15) is 4.79 Å². The summed E-state index contributed by atoms with van der Waals surface area (Å²) in [5, 5.41) is 0. The SMILES string of the molecule is CCCN(CC(C)(C)CN)C(=O)C1CCCC1(C)C. The zero-order chi connectivity index (χ0) is 14.7. The van der Waals surface area contributed by atoms with Gasteiger partial charge in [-0.1, -0.05) is 41.0 Å². The summed E-state index contributed by atoms with van der Waals surface area (Å²) < 4.78 is 0. The van der Waals surface area contributed by atoms with Gasteiger partial charge in [0, 0.05) is 19.0 Å². The predicted molar refractivity (Wildman–Crippen MR) is 80.8 cm³/mol. The second-order valence-corrected chi connectivity index (χ2v) is 7.56. The van der Waals surface area contributed by atoms with Crippen LogP contribution in [0.1, 0.15) is 60.3 Å². The average Bonchev–Trinajstić information content (AvgIpc) is 2.67. The molecule has 3 nitrogen and oxygen atoms in total. The van der Waals surface area contributed by atoms with E-state index in [4.69, 9.17) is 5.73 Å². The van der Waals surface area contributed by atoms with Gasteiger partial charge in [-0.3, -0.25) is 4.79 Å². The van der Waals surface area contributed by atoms with Gasteiger partial charge in [0.25, 0.3) is 0 Å². The Labute approximate surface area is 118 Å². The highest BCUT2D eigenvalue weighted by molar-refractivity contribution is 5.80. The Hall–Kier alpha value is -0.570. The average molecular weight is 268 g/mol. The van der Waals surface area contributed by atoms with Gasteiger partial charge < -0.3 is 10.6 Å². The van der Waals surface area contributed by atoms with Gasteiger partial charge in [0.1, 0.15) is 0 Å². The van der Waals surface area contributed by atoms with E-state index in [1.54, 1.807) is 0 Å². The molecule has 0 bridgehead atoms. The highest BCUT2D eigenvalue weighted by atomic mass is 16.2. The Kier molecular flexibility index (Phi) is 5.43. The Balaban J connectivity index is 2.78. The molecular formula is C16H32N2O. The van der Waals surface area contributed by atoms with Gasteiger partial charge in [-0.2, -0.15) is 0 Å². The molecule has 0 heterocycles. The van der Waals surface area contributed by atoms with Crippen molar-refractivity contribution in [3.8, 4) is 0 Å². The standard InChI is InChI=1S/C16H32N2O/c1-6-10-18(12-15(2,3)11-17)14(19)13-8-7-9-16(13,4)5/h13H,6-12,17H2,1-5H3. The lowest BCUT2D eigenvalue weighted by atomic mass is 9.80. The second kappa shape index (κ2) is 6.25. The van der Waals surface area contributed by atoms with E-state index in [1.165, 1.54) is 12.8 Å². The van der Waals surface area contributed by atoms with Gasteiger partial charge in [-0.15, -0.1) is 0 Å². The molecule has 2 N–H and O–H groups in total. The Morgan fingerprint density at radius 1 is 1.42 bits per heavy atom. The maximum absolute atomic E-state index is 12.8. The lowest BCUT2D eigenvalue weighted by molar-refractivity contribution is -0.139. The fourth-order valence-electron chi connectivity index (χ4n) is 3.12. The molecule has 1 rings (SSSR count). The van der Waals surface area contributed by atoms with Crippen LogP contribution in [-0.2, 0) is 4.79 Å². The molecule has 3 heteroatoms. The zero-order valence-corrected chi connectivity index (χ0v) is 13.5. The van der Waals surface area contributed by atoms with E-state index >= 15 is 0 Å². The van der Waals surface area contributed by atoms with Crippen LogP contribution in [0.25, 0.3) is 0 Å². The molecule has 0 radical (unpaired) electrons. The summed E-state index contributed by atoms with van der Waals surface area (Å²) >= 11 is 0. The number of hydrogen-bond donors (Lipinski definition) is 1. The number of amides is 1. The third-order valence-corrected chi connectivity index (χ3v) is 4.53. The summed E-state index contributed by atoms with van der Waals surface area (Å²) in [5.41, 5.74) is 5.99. The molecule has 0 aromatic carbocycles. The van der Waals surface area contributed by atoms with Crippen molar-refractivity contribution in [3.63, 3.8) is 0 Å². The summed E-state index contributed by atoms with van der Waals surface area (Å²) in [7, 11) is 0. The lowest BCUT2D eigenvalue weighted by Gasteiger charge is -2.36. The van der Waals surface area contributed by atoms with Gasteiger partial charge in [-0.05, 0) is 36.6 Å². The first-order valence-corrected chi connectivity index (χ1v) is 7.72. The quantitative estimate of drug-likeness (QED) is 0.805. The van der Waals surface area contributed by atoms with Crippen molar-refractivity contribution in [1.29, 1.82) is 0 Å². The summed E-state index contributed by atoms with van der Waals surface area (Å²) in [6.45, 7) is 13.1. The largest absolute Gasteiger partial charge is 0.342 e. The number of carbonyl (C=O) groups is 1. The van der Waals surface area contributed by atoms with Crippen molar-refractivity contribution in [3.05, 3.63) is 0 Å². The predicted octanol–water partition coefficient (Wildman–Crippen LogP) is 3.04. The maximum atomic E-state index is 12.8. The van der Waals surface area contributed by atoms with Crippen molar-refractivity contribution in [2.75, 3.05) is 19.6 Å². The number of hydrogen-bond acceptors (Lipinski definition) is 2. The molecule has 1 aliphatic carbocycles. The summed E-state index contributed by atoms with van der Waals surface area (Å²) in [6, 6.07) is 0. The number of nitrogens with zero attached hydrogens (tertiary/aromatic N) is 1. The smallest absolute Gasteiger partial charge is 0.226 e. The van der Waals surface area contributed by atoms with Crippen LogP contribution in [0.5, 0.6) is 0 Å². The van der Waals surface area contributed by atoms with Crippen molar-refractivity contribution >= 4 is 5.91 Å². The van der Waals surface area contributed by atoms with Crippen molar-refractivity contribution < 1.29 is 4.79 Å². The molecule has 0 aromatic rings. The summed E-state index contributed by atoms with van der Waals surface area (Å²) in [4.78, 5) is 14.9. The van der Waals surface area contributed by atoms with E-state index in [-0.39, 0.29) is 16.7 Å². The zero-order valence-electron chi connectivity index (χ0n) is 13.5. The van der Waals surface area contributed by atoms with Gasteiger partial charge >= 0.3 is 0 Å². The van der Waals surface area contributed by atoms with E-state index in [0.29, 0.717) is 12.5 Å². The van der Waals surface area contributed by atoms with Crippen LogP contribution in [-0.4, -0.2) is 30.4 Å². The van der Waals surface area contributed by atoms with E-state index in [1.807, 2.05) is 0 Å². The number of rotatable bonds is 6. The lowest BCUT2D eigenvalue weighted by Crippen LogP contribution is -2.46. The maximum Gasteiger partial charge on any atom is 0.226 e. The third-order valence-electron chi connectivity index (χ3n) is 4.53. The molecule has 0 aliphatic heterocycles. The molecule has 1 unspecified atom stereocenters. The minimum absolute atomic E-state index is 0.00752. The second-order valence-electron chi connectivity index (χ2n) is 7.56. The number of carbonyl (C=O) groups excluding carboxylic acids is 1. The van der Waals surface area contributed by atoms with Gasteiger partial charge in [0.2, 0.25) is 5.91 Å². The fourth-order valence-corrected chi connectivity index (χ4v) is 3.12. The van der Waals surface area contributed by atoms with Gasteiger partial charge in [0.05, 0.1) is 0 Å². The molecule has 1 aliphatic rings. The normalized spacial score (nSPS) is 22.5. The highest BCUT2D eigenvalue weighted by Gasteiger charge is 2.41. The minimum atomic E-state index is 0.00752. The summed E-state index contributed by atoms with van der Waals surface area (Å²) in [6.07, 6.45) is 4.42. The topological polar surface area (TPSA) is 46.3 Å². The molecule has 19 heavy (non-hydrogen) atoms. The van der Waals surface area contributed by atoms with E-state index in [0.717, 1.165) is 25.9 Å². The van der Waals surface area contributed by atoms with Crippen LogP contribution in [0.2, 0.25) is 0 Å². The highest BCUT2D eigenvalue weighted by Crippen LogP contribution is 2.43. The first-order valence-electron chi connectivity index (χ1n) is 7.72. The molecule has 1 amide bonds. The van der Waals surface area contributed by atoms with Crippen LogP contribution >= 0.6 is 0 Å². The van der Waals surface area contributed by atoms with Crippen molar-refractivity contribution in [2.24, 2.45) is 22.5 Å². The molecule has 1 saturated carbocycles. The van der Waals surface area contributed by atoms with Crippen LogP contribution < -0.4 is 5.73 Å². The van der Waals surface area contributed by atoms with E-state index in [2.05, 4.69) is 39.5 Å². The molecule has 0 aromatic heterocycles. The molecule has 0 saturated heterocycles. The Morgan fingerprint density at radius 3 is 2.47 bits per heavy atom. The van der Waals surface area contributed by atoms with Gasteiger partial charge in [-0.25, -0.2) is 0 Å². The number of nitrogens with two attached hydrogens (primary N) is 1. The van der Waals surface area contributed by atoms with Crippen LogP contribution in [0, 0.1) is 16.7 Å². The molecule has 1 atom stereocenters. The van der Waals surface area contributed by atoms with E-state index < -0.39 is 0 Å². The first-order chi connectivity index (χ1) is 8.73. The summed E-state index contributed by atoms with van der Waals surface area (Å²) in [5.74, 6) is 0.554. The molecule has 0 spiro atoms. The minimum Gasteiger partial charge on any atom is -0.342 e. The van der Waals surface area contributed by atoms with Crippen molar-refractivity contribution in [1.82, 2.24) is 4.90 Å². The van der Waals surface area contributed by atoms with Crippen LogP contribution in [0.3, 0.4) is 0 Å². The van der Waals surface area contributed by atoms with Crippen molar-refractivity contribution in [2.45, 2.75) is 60.3 Å². The van der Waals surface area contributed by atoms with Crippen LogP contribution in [0.15, 0.2) is 0 Å². The monoisotopic (exact) mass is 268 g/mol. The van der Waals surface area contributed by atoms with Gasteiger partial charge in [0.15, 0.2) is 0 Å². The molecular weight excluding hydrogens is 236 g/mol. The Bertz CT molecular complexity index is 310. The Morgan fingerprint density at radius 2 is 2.05 bits per heavy atom. The fraction of sp³-hybridized carbons (Fsp3) is 0.938. The first kappa shape index (κ1) is 16.5.